The van der Waals surface area contributed by atoms with Crippen LogP contribution < -0.4 is 4.74 Å². The van der Waals surface area contributed by atoms with E-state index in [1.54, 1.807) is 24.3 Å². The van der Waals surface area contributed by atoms with E-state index in [1.807, 2.05) is 0 Å². The van der Waals surface area contributed by atoms with Crippen LogP contribution in [0.25, 0.3) is 5.76 Å². The van der Waals surface area contributed by atoms with Gasteiger partial charge in [0, 0.05) is 11.6 Å². The van der Waals surface area contributed by atoms with Crippen molar-refractivity contribution < 1.29 is 23.8 Å². The lowest BCUT2D eigenvalue weighted by Crippen LogP contribution is -1.99. The number of hydrogen-bond acceptors (Lipinski definition) is 7. The van der Waals surface area contributed by atoms with Gasteiger partial charge in [0.1, 0.15) is 30.4 Å². The van der Waals surface area contributed by atoms with Crippen molar-refractivity contribution in [2.24, 2.45) is 0 Å². The molecule has 0 saturated heterocycles. The first-order valence-electron chi connectivity index (χ1n) is 7.20. The lowest BCUT2D eigenvalue weighted by Gasteiger charge is -2.06. The quantitative estimate of drug-likeness (QED) is 0.402. The second-order valence-corrected chi connectivity index (χ2v) is 5.06. The summed E-state index contributed by atoms with van der Waals surface area (Å²) < 4.78 is 10.7. The van der Waals surface area contributed by atoms with E-state index >= 15 is 0 Å². The van der Waals surface area contributed by atoms with E-state index in [1.165, 1.54) is 25.8 Å². The van der Waals surface area contributed by atoms with Crippen LogP contribution in [-0.4, -0.2) is 31.9 Å². The number of rotatable bonds is 6. The number of carbonyl (C=O) groups excluding carboxylic acids is 2. The number of nitrogens with one attached hydrogen (secondary N) is 1. The van der Waals surface area contributed by atoms with Crippen LogP contribution in [0.3, 0.4) is 0 Å². The number of nitrogens with zero attached hydrogens (tertiary/aromatic N) is 2. The van der Waals surface area contributed by atoms with E-state index in [4.69, 9.17) is 9.15 Å². The van der Waals surface area contributed by atoms with Crippen molar-refractivity contribution in [3.63, 3.8) is 0 Å². The summed E-state index contributed by atoms with van der Waals surface area (Å²) in [5.74, 6) is -0.283. The molecule has 8 nitrogen and oxygen atoms in total. The third-order valence-corrected chi connectivity index (χ3v) is 3.31. The van der Waals surface area contributed by atoms with Crippen molar-refractivity contribution in [1.82, 2.24) is 15.2 Å². The van der Waals surface area contributed by atoms with E-state index in [0.29, 0.717) is 11.3 Å². The van der Waals surface area contributed by atoms with E-state index < -0.39 is 5.78 Å². The SMILES string of the molecule is CC(=O)c1ccc(Oc2cocc2C(O)=CC(=O)c2ncn[nH]2)cc1. The van der Waals surface area contributed by atoms with Crippen molar-refractivity contribution in [2.45, 2.75) is 6.92 Å². The first-order chi connectivity index (χ1) is 12.0. The third-order valence-electron chi connectivity index (χ3n) is 3.31. The summed E-state index contributed by atoms with van der Waals surface area (Å²) in [5, 5.41) is 16.1. The van der Waals surface area contributed by atoms with E-state index in [0.717, 1.165) is 6.08 Å². The van der Waals surface area contributed by atoms with Crippen LogP contribution >= 0.6 is 0 Å². The number of Topliss-reactive ketones (excluding diaryl/α,β-unsaturated/α-hetero) is 1. The highest BCUT2D eigenvalue weighted by atomic mass is 16.5. The molecular formula is C17H13N3O5. The van der Waals surface area contributed by atoms with Gasteiger partial charge < -0.3 is 14.3 Å². The maximum absolute atomic E-state index is 11.9. The minimum atomic E-state index is -0.548. The van der Waals surface area contributed by atoms with Crippen LogP contribution in [0.5, 0.6) is 11.5 Å². The normalized spacial score (nSPS) is 11.3. The zero-order chi connectivity index (χ0) is 17.8. The fourth-order valence-electron chi connectivity index (χ4n) is 2.03. The Balaban J connectivity index is 1.80. The fourth-order valence-corrected chi connectivity index (χ4v) is 2.03. The number of furan rings is 1. The first kappa shape index (κ1) is 16.2. The second kappa shape index (κ2) is 6.83. The molecule has 0 radical (unpaired) electrons. The topological polar surface area (TPSA) is 118 Å². The Bertz CT molecular complexity index is 924. The molecule has 0 saturated carbocycles. The van der Waals surface area contributed by atoms with Gasteiger partial charge in [-0.2, -0.15) is 5.10 Å². The third kappa shape index (κ3) is 3.63. The highest BCUT2D eigenvalue weighted by Crippen LogP contribution is 2.30. The lowest BCUT2D eigenvalue weighted by atomic mass is 10.1. The largest absolute Gasteiger partial charge is 0.507 e. The molecule has 2 heterocycles. The van der Waals surface area contributed by atoms with Crippen LogP contribution in [0.4, 0.5) is 0 Å². The van der Waals surface area contributed by atoms with Gasteiger partial charge in [-0.15, -0.1) is 0 Å². The Morgan fingerprint density at radius 3 is 2.64 bits per heavy atom. The van der Waals surface area contributed by atoms with Crippen molar-refractivity contribution in [2.75, 3.05) is 0 Å². The van der Waals surface area contributed by atoms with Gasteiger partial charge >= 0.3 is 0 Å². The van der Waals surface area contributed by atoms with E-state index in [2.05, 4.69) is 15.2 Å². The zero-order valence-corrected chi connectivity index (χ0v) is 13.1. The summed E-state index contributed by atoms with van der Waals surface area (Å²) >= 11 is 0. The van der Waals surface area contributed by atoms with Crippen LogP contribution in [0.1, 0.15) is 33.5 Å². The minimum Gasteiger partial charge on any atom is -0.507 e. The second-order valence-electron chi connectivity index (χ2n) is 5.06. The number of aliphatic hydroxyl groups is 1. The molecule has 0 amide bonds. The number of carbonyl (C=O) groups is 2. The number of allylic oxidation sites excluding steroid dienone is 1. The Hall–Kier alpha value is -3.68. The summed E-state index contributed by atoms with van der Waals surface area (Å²) in [5.41, 5.74) is 0.753. The van der Waals surface area contributed by atoms with Crippen molar-refractivity contribution in [1.29, 1.82) is 0 Å². The fraction of sp³-hybridized carbons (Fsp3) is 0.0588. The number of aromatic amines is 1. The van der Waals surface area contributed by atoms with Crippen molar-refractivity contribution in [3.05, 3.63) is 66.1 Å². The molecule has 3 rings (SSSR count). The summed E-state index contributed by atoms with van der Waals surface area (Å²) in [7, 11) is 0. The summed E-state index contributed by atoms with van der Waals surface area (Å²) in [6, 6.07) is 6.49. The minimum absolute atomic E-state index is 0.00247. The molecule has 126 valence electrons. The predicted octanol–water partition coefficient (Wildman–Crippen LogP) is 3.17. The number of aromatic nitrogens is 3. The maximum atomic E-state index is 11.9. The predicted molar refractivity (Wildman–Crippen MR) is 86.5 cm³/mol. The smallest absolute Gasteiger partial charge is 0.226 e. The standard InChI is InChI=1S/C17H13N3O5/c1-10(21)11-2-4-12(5-3-11)25-16-8-24-7-13(16)14(22)6-15(23)17-18-9-19-20-17/h2-9,22H,1H3,(H,18,19,20). The Morgan fingerprint density at radius 1 is 1.24 bits per heavy atom. The van der Waals surface area contributed by atoms with Crippen LogP contribution in [0.15, 0.2) is 53.6 Å². The Kier molecular flexibility index (Phi) is 4.42. The molecule has 0 aliphatic rings. The van der Waals surface area contributed by atoms with Gasteiger partial charge in [0.15, 0.2) is 17.4 Å². The molecule has 0 aliphatic carbocycles. The average Bonchev–Trinajstić information content (AvgIpc) is 3.27. The monoisotopic (exact) mass is 339 g/mol. The van der Waals surface area contributed by atoms with E-state index in [-0.39, 0.29) is 28.7 Å². The highest BCUT2D eigenvalue weighted by molar-refractivity contribution is 6.05. The molecule has 0 atom stereocenters. The molecule has 8 heteroatoms. The van der Waals surface area contributed by atoms with Gasteiger partial charge in [0.2, 0.25) is 5.78 Å². The molecule has 0 spiro atoms. The molecule has 2 aromatic heterocycles. The number of ether oxygens (including phenoxy) is 1. The Labute approximate surface area is 141 Å². The van der Waals surface area contributed by atoms with Crippen LogP contribution in [0.2, 0.25) is 0 Å². The number of benzene rings is 1. The van der Waals surface area contributed by atoms with Crippen LogP contribution in [-0.2, 0) is 0 Å². The Morgan fingerprint density at radius 2 is 2.00 bits per heavy atom. The number of H-pyrrole nitrogens is 1. The number of aliphatic hydroxyl groups excluding tert-OH is 1. The molecule has 25 heavy (non-hydrogen) atoms. The van der Waals surface area contributed by atoms with E-state index in [9.17, 15) is 14.7 Å². The lowest BCUT2D eigenvalue weighted by molar-refractivity contribution is 0.101. The van der Waals surface area contributed by atoms with Gasteiger partial charge in [-0.1, -0.05) is 0 Å². The van der Waals surface area contributed by atoms with Gasteiger partial charge in [-0.3, -0.25) is 14.7 Å². The summed E-state index contributed by atoms with van der Waals surface area (Å²) in [6.07, 6.45) is 4.71. The molecular weight excluding hydrogens is 326 g/mol. The van der Waals surface area contributed by atoms with Gasteiger partial charge in [-0.25, -0.2) is 4.98 Å². The average molecular weight is 339 g/mol. The summed E-state index contributed by atoms with van der Waals surface area (Å²) in [4.78, 5) is 26.9. The van der Waals surface area contributed by atoms with Gasteiger partial charge in [0.25, 0.3) is 0 Å². The number of ketones is 2. The molecule has 1 aromatic carbocycles. The van der Waals surface area contributed by atoms with Gasteiger partial charge in [-0.05, 0) is 31.2 Å². The molecule has 0 fully saturated rings. The molecule has 2 N–H and O–H groups in total. The molecule has 0 unspecified atom stereocenters. The van der Waals surface area contributed by atoms with Crippen molar-refractivity contribution in [3.8, 4) is 11.5 Å². The maximum Gasteiger partial charge on any atom is 0.226 e. The number of hydrogen-bond donors (Lipinski definition) is 2. The summed E-state index contributed by atoms with van der Waals surface area (Å²) in [6.45, 7) is 1.47. The zero-order valence-electron chi connectivity index (χ0n) is 13.1. The highest BCUT2D eigenvalue weighted by Gasteiger charge is 2.15. The van der Waals surface area contributed by atoms with Crippen LogP contribution in [0, 0.1) is 0 Å². The molecule has 0 aliphatic heterocycles. The first-order valence-corrected chi connectivity index (χ1v) is 7.20. The molecule has 0 bridgehead atoms. The van der Waals surface area contributed by atoms with Gasteiger partial charge in [0.05, 0.1) is 5.56 Å². The molecule has 3 aromatic rings. The van der Waals surface area contributed by atoms with Crippen molar-refractivity contribution >= 4 is 17.3 Å².